The van der Waals surface area contributed by atoms with Gasteiger partial charge in [0.1, 0.15) is 11.4 Å². The first-order valence-corrected chi connectivity index (χ1v) is 7.90. The maximum absolute atomic E-state index is 12.0. The Morgan fingerprint density at radius 2 is 1.92 bits per heavy atom. The number of carbonyl (C=O) groups excluding carboxylic acids is 2. The molecular weight excluding hydrogens is 324 g/mol. The van der Waals surface area contributed by atoms with Crippen LogP contribution in [0.5, 0.6) is 0 Å². The van der Waals surface area contributed by atoms with Gasteiger partial charge in [0.15, 0.2) is 0 Å². The molecule has 2 amide bonds. The lowest BCUT2D eigenvalue weighted by Crippen LogP contribution is -2.22. The van der Waals surface area contributed by atoms with Gasteiger partial charge in [0.05, 0.1) is 6.61 Å². The number of rotatable bonds is 7. The summed E-state index contributed by atoms with van der Waals surface area (Å²) in [6, 6.07) is 2.80. The number of hydrogen-bond donors (Lipinski definition) is 3. The Bertz CT molecular complexity index is 723. The van der Waals surface area contributed by atoms with Gasteiger partial charge in [-0.05, 0) is 25.5 Å². The molecule has 9 nitrogen and oxygen atoms in total. The topological polar surface area (TPSA) is 118 Å². The standard InChI is InChI=1S/C16H20N6O3/c1-3-7-18-13-12(14(23)25-4-2)10-19-15(21-13)22-16(24)20-11-5-8-17-9-6-11/h5-6,8-10H,3-4,7H2,1-2H3,(H3,17,18,19,20,21,22,24). The SMILES string of the molecule is CCCNc1nc(NC(=O)Nc2ccncc2)ncc1C(=O)OCC. The maximum Gasteiger partial charge on any atom is 0.343 e. The maximum atomic E-state index is 12.0. The van der Waals surface area contributed by atoms with E-state index in [1.54, 1.807) is 31.5 Å². The second kappa shape index (κ2) is 9.16. The third kappa shape index (κ3) is 5.41. The highest BCUT2D eigenvalue weighted by atomic mass is 16.5. The highest BCUT2D eigenvalue weighted by molar-refractivity contribution is 5.99. The van der Waals surface area contributed by atoms with Crippen molar-refractivity contribution < 1.29 is 14.3 Å². The highest BCUT2D eigenvalue weighted by Crippen LogP contribution is 2.16. The number of hydrogen-bond acceptors (Lipinski definition) is 7. The molecule has 132 valence electrons. The van der Waals surface area contributed by atoms with E-state index in [-0.39, 0.29) is 18.1 Å². The van der Waals surface area contributed by atoms with Crippen molar-refractivity contribution in [3.05, 3.63) is 36.3 Å². The van der Waals surface area contributed by atoms with Crippen molar-refractivity contribution >= 4 is 29.5 Å². The Hall–Kier alpha value is -3.23. The van der Waals surface area contributed by atoms with Gasteiger partial charge in [-0.25, -0.2) is 14.6 Å². The van der Waals surface area contributed by atoms with Crippen molar-refractivity contribution in [2.24, 2.45) is 0 Å². The van der Waals surface area contributed by atoms with Crippen molar-refractivity contribution in [2.75, 3.05) is 29.1 Å². The molecule has 3 N–H and O–H groups in total. The first-order valence-electron chi connectivity index (χ1n) is 7.90. The van der Waals surface area contributed by atoms with Crippen LogP contribution in [0.1, 0.15) is 30.6 Å². The van der Waals surface area contributed by atoms with Crippen LogP contribution >= 0.6 is 0 Å². The molecule has 0 aliphatic rings. The number of esters is 1. The predicted octanol–water partition coefficient (Wildman–Crippen LogP) is 2.51. The minimum atomic E-state index is -0.520. The van der Waals surface area contributed by atoms with E-state index in [1.807, 2.05) is 6.92 Å². The fraction of sp³-hybridized carbons (Fsp3) is 0.312. The van der Waals surface area contributed by atoms with E-state index in [0.29, 0.717) is 18.1 Å². The van der Waals surface area contributed by atoms with Crippen LogP contribution in [0.4, 0.5) is 22.2 Å². The molecule has 0 atom stereocenters. The Balaban J connectivity index is 2.12. The summed E-state index contributed by atoms with van der Waals surface area (Å²) >= 11 is 0. The van der Waals surface area contributed by atoms with Crippen LogP contribution < -0.4 is 16.0 Å². The second-order valence-electron chi connectivity index (χ2n) is 4.92. The average molecular weight is 344 g/mol. The molecule has 0 aromatic carbocycles. The molecule has 2 heterocycles. The predicted molar refractivity (Wildman–Crippen MR) is 93.6 cm³/mol. The van der Waals surface area contributed by atoms with E-state index >= 15 is 0 Å². The van der Waals surface area contributed by atoms with Gasteiger partial charge in [-0.3, -0.25) is 10.3 Å². The fourth-order valence-electron chi connectivity index (χ4n) is 1.88. The molecular formula is C16H20N6O3. The molecule has 0 spiro atoms. The van der Waals surface area contributed by atoms with Crippen molar-refractivity contribution in [2.45, 2.75) is 20.3 Å². The van der Waals surface area contributed by atoms with Crippen molar-refractivity contribution in [1.82, 2.24) is 15.0 Å². The molecule has 2 aromatic heterocycles. The molecule has 0 saturated carbocycles. The Morgan fingerprint density at radius 3 is 2.60 bits per heavy atom. The Labute approximate surface area is 145 Å². The summed E-state index contributed by atoms with van der Waals surface area (Å²) in [4.78, 5) is 36.0. The number of urea groups is 1. The highest BCUT2D eigenvalue weighted by Gasteiger charge is 2.16. The second-order valence-corrected chi connectivity index (χ2v) is 4.92. The number of carbonyl (C=O) groups is 2. The van der Waals surface area contributed by atoms with Crippen LogP contribution in [-0.4, -0.2) is 40.1 Å². The van der Waals surface area contributed by atoms with Crippen LogP contribution in [0.25, 0.3) is 0 Å². The van der Waals surface area contributed by atoms with Gasteiger partial charge in [0.25, 0.3) is 0 Å². The third-order valence-electron chi connectivity index (χ3n) is 2.99. The summed E-state index contributed by atoms with van der Waals surface area (Å²) in [5.41, 5.74) is 0.801. The summed E-state index contributed by atoms with van der Waals surface area (Å²) in [6.07, 6.45) is 5.29. The zero-order valence-electron chi connectivity index (χ0n) is 14.1. The summed E-state index contributed by atoms with van der Waals surface area (Å²) in [5.74, 6) is -0.137. The summed E-state index contributed by atoms with van der Waals surface area (Å²) in [7, 11) is 0. The van der Waals surface area contributed by atoms with E-state index < -0.39 is 12.0 Å². The lowest BCUT2D eigenvalue weighted by Gasteiger charge is -2.11. The number of anilines is 3. The van der Waals surface area contributed by atoms with Gasteiger partial charge >= 0.3 is 12.0 Å². The van der Waals surface area contributed by atoms with E-state index in [4.69, 9.17) is 4.74 Å². The number of nitrogens with one attached hydrogen (secondary N) is 3. The number of aromatic nitrogens is 3. The molecule has 0 radical (unpaired) electrons. The van der Waals surface area contributed by atoms with Crippen molar-refractivity contribution in [3.8, 4) is 0 Å². The Kier molecular flexibility index (Phi) is 6.64. The van der Waals surface area contributed by atoms with Gasteiger partial charge in [-0.2, -0.15) is 4.98 Å². The quantitative estimate of drug-likeness (QED) is 0.660. The van der Waals surface area contributed by atoms with Crippen LogP contribution in [0.15, 0.2) is 30.7 Å². The molecule has 9 heteroatoms. The fourth-order valence-corrected chi connectivity index (χ4v) is 1.88. The van der Waals surface area contributed by atoms with E-state index in [0.717, 1.165) is 6.42 Å². The zero-order chi connectivity index (χ0) is 18.1. The first kappa shape index (κ1) is 18.1. The summed E-state index contributed by atoms with van der Waals surface area (Å²) in [5, 5.41) is 8.18. The van der Waals surface area contributed by atoms with Crippen molar-refractivity contribution in [1.29, 1.82) is 0 Å². The Morgan fingerprint density at radius 1 is 1.16 bits per heavy atom. The lowest BCUT2D eigenvalue weighted by molar-refractivity contribution is 0.0526. The van der Waals surface area contributed by atoms with Gasteiger partial charge in [-0.15, -0.1) is 0 Å². The van der Waals surface area contributed by atoms with E-state index in [9.17, 15) is 9.59 Å². The molecule has 2 aromatic rings. The number of ether oxygens (including phenoxy) is 1. The van der Waals surface area contributed by atoms with Gasteiger partial charge in [-0.1, -0.05) is 6.92 Å². The normalized spacial score (nSPS) is 10.0. The van der Waals surface area contributed by atoms with Crippen LogP contribution in [0.3, 0.4) is 0 Å². The summed E-state index contributed by atoms with van der Waals surface area (Å²) in [6.45, 7) is 4.57. The lowest BCUT2D eigenvalue weighted by atomic mass is 10.3. The third-order valence-corrected chi connectivity index (χ3v) is 2.99. The zero-order valence-corrected chi connectivity index (χ0v) is 14.1. The van der Waals surface area contributed by atoms with Crippen LogP contribution in [0, 0.1) is 0 Å². The molecule has 2 rings (SSSR count). The first-order chi connectivity index (χ1) is 12.1. The minimum absolute atomic E-state index is 0.0678. The van der Waals surface area contributed by atoms with Gasteiger partial charge < -0.3 is 15.4 Å². The number of nitrogens with zero attached hydrogens (tertiary/aromatic N) is 3. The van der Waals surface area contributed by atoms with Crippen LogP contribution in [-0.2, 0) is 4.74 Å². The molecule has 0 unspecified atom stereocenters. The molecule has 0 bridgehead atoms. The molecule has 0 aliphatic heterocycles. The van der Waals surface area contributed by atoms with Gasteiger partial charge in [0, 0.05) is 30.8 Å². The van der Waals surface area contributed by atoms with Gasteiger partial charge in [0.2, 0.25) is 5.95 Å². The number of pyridine rings is 1. The molecule has 0 saturated heterocycles. The largest absolute Gasteiger partial charge is 0.462 e. The smallest absolute Gasteiger partial charge is 0.343 e. The number of amides is 2. The molecule has 0 fully saturated rings. The van der Waals surface area contributed by atoms with E-state index in [1.165, 1.54) is 6.20 Å². The molecule has 0 aliphatic carbocycles. The van der Waals surface area contributed by atoms with Crippen molar-refractivity contribution in [3.63, 3.8) is 0 Å². The van der Waals surface area contributed by atoms with E-state index in [2.05, 4.69) is 30.9 Å². The molecule has 25 heavy (non-hydrogen) atoms. The van der Waals surface area contributed by atoms with Crippen LogP contribution in [0.2, 0.25) is 0 Å². The monoisotopic (exact) mass is 344 g/mol. The summed E-state index contributed by atoms with van der Waals surface area (Å²) < 4.78 is 4.98. The average Bonchev–Trinajstić information content (AvgIpc) is 2.61. The minimum Gasteiger partial charge on any atom is -0.462 e.